The van der Waals surface area contributed by atoms with Gasteiger partial charge in [-0.25, -0.2) is 13.2 Å². The van der Waals surface area contributed by atoms with E-state index < -0.39 is 47.3 Å². The summed E-state index contributed by atoms with van der Waals surface area (Å²) in [4.78, 5) is 36.3. The number of nitrogens with one attached hydrogen (secondary N) is 1. The van der Waals surface area contributed by atoms with Gasteiger partial charge < -0.3 is 15.6 Å². The van der Waals surface area contributed by atoms with Gasteiger partial charge >= 0.3 is 0 Å². The molecule has 1 aromatic heterocycles. The molecule has 3 aromatic rings. The van der Waals surface area contributed by atoms with Crippen LogP contribution in [0.15, 0.2) is 47.4 Å². The third-order valence-electron chi connectivity index (χ3n) is 4.54. The molecule has 0 saturated heterocycles. The molecule has 2 amide bonds. The number of amides is 2. The van der Waals surface area contributed by atoms with E-state index in [1.165, 1.54) is 42.0 Å². The van der Waals surface area contributed by atoms with Gasteiger partial charge in [-0.1, -0.05) is 12.1 Å². The Morgan fingerprint density at radius 3 is 2.48 bits per heavy atom. The Morgan fingerprint density at radius 2 is 1.79 bits per heavy atom. The molecule has 150 valence electrons. The van der Waals surface area contributed by atoms with Crippen molar-refractivity contribution >= 4 is 28.3 Å². The second kappa shape index (κ2) is 7.78. The zero-order valence-corrected chi connectivity index (χ0v) is 15.2. The molecule has 29 heavy (non-hydrogen) atoms. The summed E-state index contributed by atoms with van der Waals surface area (Å²) in [5.74, 6) is -5.78. The fourth-order valence-corrected chi connectivity index (χ4v) is 2.91. The van der Waals surface area contributed by atoms with Crippen LogP contribution in [0.5, 0.6) is 0 Å². The van der Waals surface area contributed by atoms with E-state index in [1.54, 1.807) is 0 Å². The topological polar surface area (TPSA) is 94.2 Å². The summed E-state index contributed by atoms with van der Waals surface area (Å²) in [5.41, 5.74) is 4.73. The molecule has 0 saturated carbocycles. The van der Waals surface area contributed by atoms with Gasteiger partial charge in [-0.05, 0) is 31.2 Å². The minimum absolute atomic E-state index is 0.234. The number of halogens is 3. The third kappa shape index (κ3) is 3.84. The van der Waals surface area contributed by atoms with E-state index in [0.717, 1.165) is 12.1 Å². The molecule has 3 rings (SSSR count). The fourth-order valence-electron chi connectivity index (χ4n) is 2.91. The van der Waals surface area contributed by atoms with Crippen LogP contribution in [0.1, 0.15) is 18.5 Å². The highest BCUT2D eigenvalue weighted by Crippen LogP contribution is 2.22. The first-order chi connectivity index (χ1) is 13.7. The number of aromatic nitrogens is 1. The predicted molar refractivity (Wildman–Crippen MR) is 101 cm³/mol. The summed E-state index contributed by atoms with van der Waals surface area (Å²) in [6, 6.07) is 6.97. The lowest BCUT2D eigenvalue weighted by Crippen LogP contribution is -2.31. The van der Waals surface area contributed by atoms with Gasteiger partial charge in [0.05, 0.1) is 6.42 Å². The number of carbonyl (C=O) groups excluding carboxylic acids is 2. The molecule has 6 nitrogen and oxygen atoms in total. The fraction of sp³-hybridized carbons (Fsp3) is 0.150. The minimum atomic E-state index is -1.65. The van der Waals surface area contributed by atoms with Crippen molar-refractivity contribution in [3.8, 4) is 0 Å². The van der Waals surface area contributed by atoms with E-state index in [2.05, 4.69) is 5.32 Å². The van der Waals surface area contributed by atoms with Crippen molar-refractivity contribution < 1.29 is 22.8 Å². The lowest BCUT2D eigenvalue weighted by molar-refractivity contribution is -0.120. The zero-order valence-electron chi connectivity index (χ0n) is 15.2. The second-order valence-corrected chi connectivity index (χ2v) is 6.43. The minimum Gasteiger partial charge on any atom is -0.368 e. The summed E-state index contributed by atoms with van der Waals surface area (Å²) >= 11 is 0. The molecule has 0 fully saturated rings. The average molecular weight is 403 g/mol. The van der Waals surface area contributed by atoms with E-state index in [1.807, 2.05) is 0 Å². The Hall–Kier alpha value is -3.62. The molecule has 3 N–H and O–H groups in total. The van der Waals surface area contributed by atoms with Gasteiger partial charge in [-0.15, -0.1) is 0 Å². The van der Waals surface area contributed by atoms with E-state index in [0.29, 0.717) is 5.39 Å². The molecule has 0 spiro atoms. The van der Waals surface area contributed by atoms with Crippen LogP contribution < -0.4 is 16.6 Å². The Labute approximate surface area is 162 Å². The van der Waals surface area contributed by atoms with Crippen LogP contribution in [0.4, 0.5) is 18.9 Å². The van der Waals surface area contributed by atoms with Crippen molar-refractivity contribution in [1.29, 1.82) is 0 Å². The molecule has 0 bridgehead atoms. The largest absolute Gasteiger partial charge is 0.368 e. The van der Waals surface area contributed by atoms with Crippen LogP contribution in [0, 0.1) is 17.5 Å². The number of hydrogen-bond donors (Lipinski definition) is 2. The van der Waals surface area contributed by atoms with E-state index >= 15 is 0 Å². The number of benzene rings is 2. The SMILES string of the molecule is CC(C(N)=O)n1ccc2c(NC(=O)Cc3ccc(F)c(F)c3F)cccc2c1=O. The Balaban J connectivity index is 1.92. The molecule has 0 aliphatic rings. The number of fused-ring (bicyclic) bond motifs is 1. The Morgan fingerprint density at radius 1 is 1.07 bits per heavy atom. The van der Waals surface area contributed by atoms with E-state index in [-0.39, 0.29) is 16.6 Å². The molecule has 1 heterocycles. The highest BCUT2D eigenvalue weighted by Gasteiger charge is 2.18. The quantitative estimate of drug-likeness (QED) is 0.642. The van der Waals surface area contributed by atoms with Crippen molar-refractivity contribution in [3.63, 3.8) is 0 Å². The second-order valence-electron chi connectivity index (χ2n) is 6.43. The van der Waals surface area contributed by atoms with Gasteiger partial charge in [0.2, 0.25) is 11.8 Å². The first-order valence-electron chi connectivity index (χ1n) is 8.56. The van der Waals surface area contributed by atoms with Crippen LogP contribution in [-0.4, -0.2) is 16.4 Å². The average Bonchev–Trinajstić information content (AvgIpc) is 2.68. The number of anilines is 1. The maximum Gasteiger partial charge on any atom is 0.259 e. The lowest BCUT2D eigenvalue weighted by Gasteiger charge is -2.14. The molecule has 0 aliphatic heterocycles. The van der Waals surface area contributed by atoms with Crippen LogP contribution in [0.2, 0.25) is 0 Å². The van der Waals surface area contributed by atoms with E-state index in [9.17, 15) is 27.6 Å². The maximum absolute atomic E-state index is 13.8. The molecule has 2 aromatic carbocycles. The molecule has 1 unspecified atom stereocenters. The van der Waals surface area contributed by atoms with Crippen LogP contribution in [0.25, 0.3) is 10.8 Å². The van der Waals surface area contributed by atoms with Gasteiger partial charge in [0, 0.05) is 28.2 Å². The number of rotatable bonds is 5. The van der Waals surface area contributed by atoms with Gasteiger partial charge in [-0.2, -0.15) is 0 Å². The smallest absolute Gasteiger partial charge is 0.259 e. The molecule has 0 aliphatic carbocycles. The lowest BCUT2D eigenvalue weighted by atomic mass is 10.1. The Kier molecular flexibility index (Phi) is 5.40. The monoisotopic (exact) mass is 403 g/mol. The summed E-state index contributed by atoms with van der Waals surface area (Å²) in [6.07, 6.45) is 0.847. The highest BCUT2D eigenvalue weighted by atomic mass is 19.2. The number of pyridine rings is 1. The Bertz CT molecular complexity index is 1190. The summed E-state index contributed by atoms with van der Waals surface area (Å²) in [5, 5.41) is 3.16. The standard InChI is InChI=1S/C20H16F3N3O3/c1-10(19(24)28)26-8-7-12-13(20(26)29)3-2-4-15(12)25-16(27)9-11-5-6-14(21)18(23)17(11)22/h2-8,10H,9H2,1H3,(H2,24,28)(H,25,27). The van der Waals surface area contributed by atoms with E-state index in [4.69, 9.17) is 5.73 Å². The summed E-state index contributed by atoms with van der Waals surface area (Å²) in [6.45, 7) is 1.48. The molecular weight excluding hydrogens is 387 g/mol. The number of primary amides is 1. The van der Waals surface area contributed by atoms with Crippen LogP contribution >= 0.6 is 0 Å². The number of hydrogen-bond acceptors (Lipinski definition) is 3. The van der Waals surface area contributed by atoms with Gasteiger partial charge in [-0.3, -0.25) is 14.4 Å². The number of carbonyl (C=O) groups is 2. The van der Waals surface area contributed by atoms with Crippen molar-refractivity contribution in [3.05, 3.63) is 76.0 Å². The highest BCUT2D eigenvalue weighted by molar-refractivity contribution is 6.02. The van der Waals surface area contributed by atoms with Crippen molar-refractivity contribution in [2.45, 2.75) is 19.4 Å². The number of nitrogens with zero attached hydrogens (tertiary/aromatic N) is 1. The molecule has 9 heteroatoms. The maximum atomic E-state index is 13.8. The third-order valence-corrected chi connectivity index (χ3v) is 4.54. The first-order valence-corrected chi connectivity index (χ1v) is 8.56. The van der Waals surface area contributed by atoms with Gasteiger partial charge in [0.1, 0.15) is 6.04 Å². The normalized spacial score (nSPS) is 12.0. The van der Waals surface area contributed by atoms with Crippen molar-refractivity contribution in [2.24, 2.45) is 5.73 Å². The van der Waals surface area contributed by atoms with Crippen molar-refractivity contribution in [1.82, 2.24) is 4.57 Å². The van der Waals surface area contributed by atoms with Crippen LogP contribution in [0.3, 0.4) is 0 Å². The molecular formula is C20H16F3N3O3. The molecule has 0 radical (unpaired) electrons. The van der Waals surface area contributed by atoms with Gasteiger partial charge in [0.15, 0.2) is 17.5 Å². The predicted octanol–water partition coefficient (Wildman–Crippen LogP) is 2.65. The van der Waals surface area contributed by atoms with Crippen LogP contribution in [-0.2, 0) is 16.0 Å². The van der Waals surface area contributed by atoms with Crippen molar-refractivity contribution in [2.75, 3.05) is 5.32 Å². The van der Waals surface area contributed by atoms with Gasteiger partial charge in [0.25, 0.3) is 5.56 Å². The summed E-state index contributed by atoms with van der Waals surface area (Å²) < 4.78 is 41.3. The summed E-state index contributed by atoms with van der Waals surface area (Å²) in [7, 11) is 0. The number of nitrogens with two attached hydrogens (primary N) is 1. The zero-order chi connectivity index (χ0) is 21.3. The first kappa shape index (κ1) is 20.1. The molecule has 1 atom stereocenters.